The second-order valence-corrected chi connectivity index (χ2v) is 8.41. The minimum absolute atomic E-state index is 0.115. The van der Waals surface area contributed by atoms with Crippen LogP contribution in [0.5, 0.6) is 0 Å². The van der Waals surface area contributed by atoms with Crippen molar-refractivity contribution in [2.75, 3.05) is 16.4 Å². The van der Waals surface area contributed by atoms with Crippen molar-refractivity contribution in [2.45, 2.75) is 19.0 Å². The molecule has 0 atom stereocenters. The van der Waals surface area contributed by atoms with Gasteiger partial charge in [-0.25, -0.2) is 4.39 Å². The first kappa shape index (κ1) is 22.4. The van der Waals surface area contributed by atoms with Crippen molar-refractivity contribution in [3.63, 3.8) is 0 Å². The number of thioether (sulfide) groups is 1. The van der Waals surface area contributed by atoms with Gasteiger partial charge in [0.1, 0.15) is 5.82 Å². The van der Waals surface area contributed by atoms with Crippen LogP contribution in [-0.4, -0.2) is 26.5 Å². The van der Waals surface area contributed by atoms with Gasteiger partial charge in [0.2, 0.25) is 11.9 Å². The Morgan fingerprint density at radius 2 is 1.24 bits per heavy atom. The molecular formula is C25H22FN5OS. The number of benzene rings is 3. The van der Waals surface area contributed by atoms with Crippen molar-refractivity contribution in [2.24, 2.45) is 0 Å². The summed E-state index contributed by atoms with van der Waals surface area (Å²) >= 11 is 1.20. The summed E-state index contributed by atoms with van der Waals surface area (Å²) in [6.07, 6.45) is 0. The van der Waals surface area contributed by atoms with Crippen LogP contribution in [0.4, 0.5) is 27.7 Å². The van der Waals surface area contributed by atoms with Crippen molar-refractivity contribution >= 4 is 40.8 Å². The van der Waals surface area contributed by atoms with Gasteiger partial charge in [0.05, 0.1) is 5.75 Å². The predicted octanol–water partition coefficient (Wildman–Crippen LogP) is 6.09. The Morgan fingerprint density at radius 3 is 1.73 bits per heavy atom. The minimum atomic E-state index is -0.379. The molecule has 0 aliphatic heterocycles. The van der Waals surface area contributed by atoms with Crippen molar-refractivity contribution in [1.82, 2.24) is 15.0 Å². The lowest BCUT2D eigenvalue weighted by atomic mass is 10.1. The average molecular weight is 460 g/mol. The molecule has 0 unspecified atom stereocenters. The summed E-state index contributed by atoms with van der Waals surface area (Å²) in [4.78, 5) is 25.9. The Bertz CT molecular complexity index is 1180. The van der Waals surface area contributed by atoms with Gasteiger partial charge in [-0.15, -0.1) is 0 Å². The fourth-order valence-corrected chi connectivity index (χ4v) is 3.64. The number of carbonyl (C=O) groups excluding carboxylic acids is 1. The summed E-state index contributed by atoms with van der Waals surface area (Å²) in [7, 11) is 0. The number of anilines is 4. The second kappa shape index (κ2) is 10.2. The van der Waals surface area contributed by atoms with Crippen LogP contribution in [0.2, 0.25) is 0 Å². The fraction of sp³-hybridized carbons (Fsp3) is 0.120. The summed E-state index contributed by atoms with van der Waals surface area (Å²) in [5.74, 6) is 0.320. The highest BCUT2D eigenvalue weighted by molar-refractivity contribution is 7.99. The van der Waals surface area contributed by atoms with Gasteiger partial charge in [-0.1, -0.05) is 47.2 Å². The molecule has 6 nitrogen and oxygen atoms in total. The van der Waals surface area contributed by atoms with E-state index >= 15 is 0 Å². The van der Waals surface area contributed by atoms with Crippen LogP contribution in [-0.2, 0) is 0 Å². The molecule has 4 rings (SSSR count). The number of halogens is 1. The molecular weight excluding hydrogens is 437 g/mol. The molecule has 4 aromatic rings. The van der Waals surface area contributed by atoms with Crippen LogP contribution in [0.15, 0.2) is 78.0 Å². The third-order valence-electron chi connectivity index (χ3n) is 4.73. The van der Waals surface area contributed by atoms with E-state index in [1.54, 1.807) is 0 Å². The molecule has 0 aliphatic carbocycles. The number of hydrogen-bond donors (Lipinski definition) is 2. The molecule has 0 aliphatic rings. The van der Waals surface area contributed by atoms with Crippen molar-refractivity contribution in [3.05, 3.63) is 95.3 Å². The molecule has 0 radical (unpaired) electrons. The van der Waals surface area contributed by atoms with Crippen molar-refractivity contribution < 1.29 is 9.18 Å². The quantitative estimate of drug-likeness (QED) is 0.244. The summed E-state index contributed by atoms with van der Waals surface area (Å²) in [5, 5.41) is 6.77. The van der Waals surface area contributed by atoms with Gasteiger partial charge in [-0.05, 0) is 62.4 Å². The third kappa shape index (κ3) is 6.36. The zero-order valence-corrected chi connectivity index (χ0v) is 19.0. The van der Waals surface area contributed by atoms with Crippen LogP contribution in [0, 0.1) is 19.7 Å². The van der Waals surface area contributed by atoms with E-state index < -0.39 is 0 Å². The van der Waals surface area contributed by atoms with Crippen LogP contribution in [0.1, 0.15) is 21.5 Å². The Kier molecular flexibility index (Phi) is 6.95. The number of Topliss-reactive ketones (excluding diaryl/α,β-unsaturated/α-hetero) is 1. The van der Waals surface area contributed by atoms with Gasteiger partial charge in [0.25, 0.3) is 0 Å². The predicted molar refractivity (Wildman–Crippen MR) is 130 cm³/mol. The summed E-state index contributed by atoms with van der Waals surface area (Å²) in [6, 6.07) is 21.2. The first-order chi connectivity index (χ1) is 15.9. The van der Waals surface area contributed by atoms with Crippen LogP contribution >= 0.6 is 11.8 Å². The molecule has 166 valence electrons. The number of ketones is 1. The largest absolute Gasteiger partial charge is 0.324 e. The molecule has 1 heterocycles. The highest BCUT2D eigenvalue weighted by Crippen LogP contribution is 2.23. The third-order valence-corrected chi connectivity index (χ3v) is 5.58. The fourth-order valence-electron chi connectivity index (χ4n) is 2.91. The van der Waals surface area contributed by atoms with E-state index in [9.17, 15) is 9.18 Å². The van der Waals surface area contributed by atoms with Gasteiger partial charge >= 0.3 is 0 Å². The van der Waals surface area contributed by atoms with Crippen LogP contribution in [0.3, 0.4) is 0 Å². The molecule has 33 heavy (non-hydrogen) atoms. The first-order valence-electron chi connectivity index (χ1n) is 10.3. The van der Waals surface area contributed by atoms with E-state index in [0.29, 0.717) is 22.6 Å². The van der Waals surface area contributed by atoms with E-state index in [4.69, 9.17) is 0 Å². The summed E-state index contributed by atoms with van der Waals surface area (Å²) < 4.78 is 13.1. The van der Waals surface area contributed by atoms with Gasteiger partial charge in [0.15, 0.2) is 10.9 Å². The maximum absolute atomic E-state index is 13.1. The monoisotopic (exact) mass is 459 g/mol. The second-order valence-electron chi connectivity index (χ2n) is 7.47. The Labute approximate surface area is 195 Å². The minimum Gasteiger partial charge on any atom is -0.324 e. The molecule has 2 N–H and O–H groups in total. The van der Waals surface area contributed by atoms with Gasteiger partial charge < -0.3 is 10.6 Å². The van der Waals surface area contributed by atoms with Gasteiger partial charge in [0, 0.05) is 16.9 Å². The Hall–Kier alpha value is -3.78. The topological polar surface area (TPSA) is 79.8 Å². The zero-order valence-electron chi connectivity index (χ0n) is 18.2. The van der Waals surface area contributed by atoms with Crippen molar-refractivity contribution in [3.8, 4) is 0 Å². The molecule has 1 aromatic heterocycles. The van der Waals surface area contributed by atoms with E-state index in [1.165, 1.54) is 36.0 Å². The van der Waals surface area contributed by atoms with Crippen LogP contribution in [0.25, 0.3) is 0 Å². The summed E-state index contributed by atoms with van der Waals surface area (Å²) in [6.45, 7) is 4.03. The number of carbonyl (C=O) groups is 1. The number of aromatic nitrogens is 3. The molecule has 0 amide bonds. The SMILES string of the molecule is Cc1ccc(Nc2nc(Nc3ccc(C)cc3)nc(SCC(=O)c3ccc(F)cc3)n2)cc1. The van der Waals surface area contributed by atoms with E-state index in [0.717, 1.165) is 22.5 Å². The van der Waals surface area contributed by atoms with E-state index in [1.807, 2.05) is 62.4 Å². The lowest BCUT2D eigenvalue weighted by Gasteiger charge is -2.10. The number of nitrogens with one attached hydrogen (secondary N) is 2. The molecule has 8 heteroatoms. The molecule has 0 bridgehead atoms. The average Bonchev–Trinajstić information content (AvgIpc) is 2.81. The molecule has 0 fully saturated rings. The molecule has 0 saturated heterocycles. The van der Waals surface area contributed by atoms with Crippen LogP contribution < -0.4 is 10.6 Å². The number of rotatable bonds is 8. The zero-order chi connectivity index (χ0) is 23.2. The van der Waals surface area contributed by atoms with E-state index in [2.05, 4.69) is 25.6 Å². The smallest absolute Gasteiger partial charge is 0.233 e. The number of hydrogen-bond acceptors (Lipinski definition) is 7. The Morgan fingerprint density at radius 1 is 0.758 bits per heavy atom. The maximum atomic E-state index is 13.1. The molecule has 0 spiro atoms. The van der Waals surface area contributed by atoms with Gasteiger partial charge in [-0.3, -0.25) is 4.79 Å². The molecule has 0 saturated carbocycles. The number of aryl methyl sites for hydroxylation is 2. The molecule has 3 aromatic carbocycles. The lowest BCUT2D eigenvalue weighted by Crippen LogP contribution is -2.07. The Balaban J connectivity index is 1.55. The maximum Gasteiger partial charge on any atom is 0.233 e. The van der Waals surface area contributed by atoms with E-state index in [-0.39, 0.29) is 17.4 Å². The van der Waals surface area contributed by atoms with Crippen molar-refractivity contribution in [1.29, 1.82) is 0 Å². The normalized spacial score (nSPS) is 10.6. The highest BCUT2D eigenvalue weighted by Gasteiger charge is 2.12. The van der Waals surface area contributed by atoms with Gasteiger partial charge in [-0.2, -0.15) is 15.0 Å². The number of nitrogens with zero attached hydrogens (tertiary/aromatic N) is 3. The standard InChI is InChI=1S/C25H22FN5OS/c1-16-3-11-20(12-4-16)27-23-29-24(28-21-13-5-17(2)6-14-21)31-25(30-23)33-15-22(32)18-7-9-19(26)10-8-18/h3-14H,15H2,1-2H3,(H2,27,28,29,30,31). The summed E-state index contributed by atoms with van der Waals surface area (Å²) in [5.41, 5.74) is 4.41. The lowest BCUT2D eigenvalue weighted by molar-refractivity contribution is 0.102. The first-order valence-corrected chi connectivity index (χ1v) is 11.3. The highest BCUT2D eigenvalue weighted by atomic mass is 32.2.